The summed E-state index contributed by atoms with van der Waals surface area (Å²) >= 11 is 0. The highest BCUT2D eigenvalue weighted by Crippen LogP contribution is 2.26. The van der Waals surface area contributed by atoms with E-state index in [1.165, 1.54) is 37.7 Å². The summed E-state index contributed by atoms with van der Waals surface area (Å²) in [6.07, 6.45) is 9.32. The summed E-state index contributed by atoms with van der Waals surface area (Å²) < 4.78 is 5.64. The molecule has 0 atom stereocenters. The molecular formula is C22H30N4O. The van der Waals surface area contributed by atoms with Crippen molar-refractivity contribution in [2.24, 2.45) is 5.10 Å². The third kappa shape index (κ3) is 6.56. The molecule has 0 saturated carbocycles. The van der Waals surface area contributed by atoms with Crippen LogP contribution in [0.4, 0.5) is 5.88 Å². The molecule has 1 aromatic heterocycles. The standard InChI is InChI=1S/C22H30N4O/c1-5-6-7-8-9-10-17-11-13-18(14-12-17)16-24-26-20-19(15-23)25-21(27-20)22(2,3)4/h11-14,16,26H,5-10H2,1-4H3. The van der Waals surface area contributed by atoms with Crippen LogP contribution in [-0.2, 0) is 11.8 Å². The van der Waals surface area contributed by atoms with Gasteiger partial charge in [-0.25, -0.2) is 5.43 Å². The molecule has 144 valence electrons. The second-order valence-electron chi connectivity index (χ2n) is 7.83. The zero-order valence-electron chi connectivity index (χ0n) is 16.9. The van der Waals surface area contributed by atoms with E-state index >= 15 is 0 Å². The van der Waals surface area contributed by atoms with Crippen LogP contribution in [0.5, 0.6) is 0 Å². The molecule has 1 heterocycles. The molecule has 0 saturated heterocycles. The van der Waals surface area contributed by atoms with E-state index < -0.39 is 0 Å². The first-order chi connectivity index (χ1) is 12.9. The first-order valence-electron chi connectivity index (χ1n) is 9.73. The predicted molar refractivity (Wildman–Crippen MR) is 110 cm³/mol. The van der Waals surface area contributed by atoms with Crippen LogP contribution in [0, 0.1) is 11.3 Å². The number of aryl methyl sites for hydroxylation is 1. The fraction of sp³-hybridized carbons (Fsp3) is 0.500. The maximum absolute atomic E-state index is 9.20. The molecule has 0 aliphatic heterocycles. The lowest BCUT2D eigenvalue weighted by Gasteiger charge is -2.11. The minimum atomic E-state index is -0.262. The first kappa shape index (κ1) is 20.7. The maximum Gasteiger partial charge on any atom is 0.252 e. The van der Waals surface area contributed by atoms with Gasteiger partial charge < -0.3 is 4.42 Å². The van der Waals surface area contributed by atoms with E-state index in [2.05, 4.69) is 46.7 Å². The Balaban J connectivity index is 1.89. The molecule has 1 aromatic carbocycles. The minimum absolute atomic E-state index is 0.218. The topological polar surface area (TPSA) is 74.2 Å². The van der Waals surface area contributed by atoms with Crippen LogP contribution in [-0.4, -0.2) is 11.2 Å². The lowest BCUT2D eigenvalue weighted by molar-refractivity contribution is 0.399. The number of hydrogen-bond donors (Lipinski definition) is 1. The Kier molecular flexibility index (Phi) is 7.60. The summed E-state index contributed by atoms with van der Waals surface area (Å²) in [5.41, 5.74) is 5.09. The summed E-state index contributed by atoms with van der Waals surface area (Å²) in [5.74, 6) is 0.794. The number of oxazole rings is 1. The molecule has 0 aliphatic carbocycles. The van der Waals surface area contributed by atoms with E-state index in [0.717, 1.165) is 12.0 Å². The normalized spacial score (nSPS) is 11.7. The average Bonchev–Trinajstić information content (AvgIpc) is 3.06. The zero-order chi connectivity index (χ0) is 19.7. The zero-order valence-corrected chi connectivity index (χ0v) is 16.9. The van der Waals surface area contributed by atoms with Crippen molar-refractivity contribution in [1.82, 2.24) is 4.98 Å². The van der Waals surface area contributed by atoms with Gasteiger partial charge in [-0.15, -0.1) is 0 Å². The van der Waals surface area contributed by atoms with Crippen LogP contribution in [0.2, 0.25) is 0 Å². The number of aromatic nitrogens is 1. The van der Waals surface area contributed by atoms with E-state index in [0.29, 0.717) is 5.89 Å². The van der Waals surface area contributed by atoms with Gasteiger partial charge in [0.25, 0.3) is 5.88 Å². The second kappa shape index (κ2) is 9.91. The van der Waals surface area contributed by atoms with E-state index in [1.54, 1.807) is 6.21 Å². The van der Waals surface area contributed by atoms with Gasteiger partial charge in [-0.2, -0.15) is 15.3 Å². The highest BCUT2D eigenvalue weighted by molar-refractivity contribution is 5.80. The highest BCUT2D eigenvalue weighted by Gasteiger charge is 2.23. The smallest absolute Gasteiger partial charge is 0.252 e. The van der Waals surface area contributed by atoms with Crippen molar-refractivity contribution in [1.29, 1.82) is 5.26 Å². The fourth-order valence-corrected chi connectivity index (χ4v) is 2.66. The van der Waals surface area contributed by atoms with Crippen molar-refractivity contribution < 1.29 is 4.42 Å². The van der Waals surface area contributed by atoms with Crippen molar-refractivity contribution >= 4 is 12.1 Å². The Bertz CT molecular complexity index is 776. The van der Waals surface area contributed by atoms with E-state index in [1.807, 2.05) is 26.8 Å². The predicted octanol–water partition coefficient (Wildman–Crippen LogP) is 5.80. The summed E-state index contributed by atoms with van der Waals surface area (Å²) in [6, 6.07) is 10.4. The van der Waals surface area contributed by atoms with Gasteiger partial charge in [0.2, 0.25) is 11.6 Å². The van der Waals surface area contributed by atoms with Crippen LogP contribution < -0.4 is 5.43 Å². The van der Waals surface area contributed by atoms with Crippen LogP contribution >= 0.6 is 0 Å². The van der Waals surface area contributed by atoms with E-state index in [-0.39, 0.29) is 17.0 Å². The highest BCUT2D eigenvalue weighted by atomic mass is 16.4. The molecule has 0 aliphatic rings. The second-order valence-corrected chi connectivity index (χ2v) is 7.83. The van der Waals surface area contributed by atoms with Gasteiger partial charge in [0.1, 0.15) is 6.07 Å². The number of nitriles is 1. The van der Waals surface area contributed by atoms with Gasteiger partial charge in [0, 0.05) is 5.41 Å². The molecule has 0 amide bonds. The monoisotopic (exact) mass is 366 g/mol. The van der Waals surface area contributed by atoms with Crippen molar-refractivity contribution in [2.75, 3.05) is 5.43 Å². The Hall–Kier alpha value is -2.61. The number of hydrazone groups is 1. The molecule has 1 N–H and O–H groups in total. The van der Waals surface area contributed by atoms with E-state index in [9.17, 15) is 5.26 Å². The Morgan fingerprint density at radius 2 is 1.85 bits per heavy atom. The van der Waals surface area contributed by atoms with Crippen molar-refractivity contribution in [2.45, 2.75) is 71.6 Å². The van der Waals surface area contributed by atoms with Crippen molar-refractivity contribution in [3.05, 3.63) is 47.0 Å². The molecule has 0 spiro atoms. The molecule has 0 radical (unpaired) electrons. The third-order valence-corrected chi connectivity index (χ3v) is 4.30. The molecule has 0 fully saturated rings. The van der Waals surface area contributed by atoms with Gasteiger partial charge in [-0.05, 0) is 24.0 Å². The van der Waals surface area contributed by atoms with Gasteiger partial charge in [-0.1, -0.05) is 77.6 Å². The van der Waals surface area contributed by atoms with Gasteiger partial charge >= 0.3 is 0 Å². The molecule has 0 bridgehead atoms. The SMILES string of the molecule is CCCCCCCc1ccc(C=NNc2oc(C(C)(C)C)nc2C#N)cc1. The number of rotatable bonds is 9. The number of unbranched alkanes of at least 4 members (excludes halogenated alkanes) is 4. The Morgan fingerprint density at radius 3 is 2.48 bits per heavy atom. The number of anilines is 1. The average molecular weight is 367 g/mol. The summed E-state index contributed by atoms with van der Waals surface area (Å²) in [4.78, 5) is 4.22. The van der Waals surface area contributed by atoms with Crippen LogP contribution in [0.15, 0.2) is 33.8 Å². The number of nitrogens with zero attached hydrogens (tertiary/aromatic N) is 3. The summed E-state index contributed by atoms with van der Waals surface area (Å²) in [7, 11) is 0. The number of nitrogens with one attached hydrogen (secondary N) is 1. The molecule has 27 heavy (non-hydrogen) atoms. The number of benzene rings is 1. The maximum atomic E-state index is 9.20. The van der Waals surface area contributed by atoms with Crippen molar-refractivity contribution in [3.63, 3.8) is 0 Å². The van der Waals surface area contributed by atoms with E-state index in [4.69, 9.17) is 4.42 Å². The third-order valence-electron chi connectivity index (χ3n) is 4.30. The number of hydrogen-bond acceptors (Lipinski definition) is 5. The fourth-order valence-electron chi connectivity index (χ4n) is 2.66. The van der Waals surface area contributed by atoms with Crippen molar-refractivity contribution in [3.8, 4) is 6.07 Å². The van der Waals surface area contributed by atoms with Crippen LogP contribution in [0.1, 0.15) is 82.5 Å². The molecule has 2 aromatic rings. The molecule has 2 rings (SSSR count). The molecular weight excluding hydrogens is 336 g/mol. The quantitative estimate of drug-likeness (QED) is 0.345. The Morgan fingerprint density at radius 1 is 1.15 bits per heavy atom. The molecule has 0 unspecified atom stereocenters. The lowest BCUT2D eigenvalue weighted by atomic mass is 9.97. The molecule has 5 nitrogen and oxygen atoms in total. The molecule has 5 heteroatoms. The largest absolute Gasteiger partial charge is 0.421 e. The minimum Gasteiger partial charge on any atom is -0.421 e. The first-order valence-corrected chi connectivity index (χ1v) is 9.73. The summed E-state index contributed by atoms with van der Waals surface area (Å²) in [6.45, 7) is 8.19. The van der Waals surface area contributed by atoms with Crippen LogP contribution in [0.25, 0.3) is 0 Å². The van der Waals surface area contributed by atoms with Gasteiger partial charge in [0.05, 0.1) is 6.21 Å². The van der Waals surface area contributed by atoms with Gasteiger partial charge in [0.15, 0.2) is 0 Å². The lowest BCUT2D eigenvalue weighted by Crippen LogP contribution is -2.11. The van der Waals surface area contributed by atoms with Crippen LogP contribution in [0.3, 0.4) is 0 Å². The Labute approximate surface area is 162 Å². The summed E-state index contributed by atoms with van der Waals surface area (Å²) in [5, 5.41) is 13.4. The van der Waals surface area contributed by atoms with Gasteiger partial charge in [-0.3, -0.25) is 0 Å².